The number of benzene rings is 2. The van der Waals surface area contributed by atoms with Crippen molar-refractivity contribution in [2.75, 3.05) is 13.1 Å². The molecule has 3 rings (SSSR count). The molecule has 0 aromatic heterocycles. The van der Waals surface area contributed by atoms with Gasteiger partial charge in [0.15, 0.2) is 5.78 Å². The molecule has 0 aliphatic carbocycles. The minimum Gasteiger partial charge on any atom is -0.333 e. The highest BCUT2D eigenvalue weighted by Gasteiger charge is 2.35. The monoisotopic (exact) mass is 409 g/mol. The number of amides is 1. The number of likely N-dealkylation sites (tertiary alicyclic amines) is 1. The number of piperidine rings is 1. The van der Waals surface area contributed by atoms with E-state index >= 15 is 0 Å². The molecule has 156 valence electrons. The number of hydrogen-bond donors (Lipinski definition) is 0. The van der Waals surface area contributed by atoms with Crippen molar-refractivity contribution in [3.8, 4) is 0 Å². The maximum atomic E-state index is 14.2. The molecule has 2 aromatic rings. The molecule has 5 heteroatoms. The van der Waals surface area contributed by atoms with Gasteiger partial charge in [0, 0.05) is 40.8 Å². The van der Waals surface area contributed by atoms with Crippen LogP contribution in [0.25, 0.3) is 12.2 Å². The third-order valence-electron chi connectivity index (χ3n) is 5.53. The second-order valence-corrected chi connectivity index (χ2v) is 8.11. The van der Waals surface area contributed by atoms with E-state index in [0.29, 0.717) is 17.6 Å². The Kier molecular flexibility index (Phi) is 6.30. The van der Waals surface area contributed by atoms with E-state index in [1.807, 2.05) is 20.8 Å². The predicted octanol–water partition coefficient (Wildman–Crippen LogP) is 5.28. The number of ketones is 1. The first-order valence-corrected chi connectivity index (χ1v) is 9.97. The molecule has 0 atom stereocenters. The zero-order valence-electron chi connectivity index (χ0n) is 17.4. The Morgan fingerprint density at radius 2 is 1.37 bits per heavy atom. The second-order valence-electron chi connectivity index (χ2n) is 8.11. The lowest BCUT2D eigenvalue weighted by Gasteiger charge is -2.35. The average molecular weight is 409 g/mol. The number of carbonyl (C=O) groups excluding carboxylic acids is 2. The topological polar surface area (TPSA) is 37.4 Å². The Morgan fingerprint density at radius 3 is 1.77 bits per heavy atom. The highest BCUT2D eigenvalue weighted by atomic mass is 19.1. The van der Waals surface area contributed by atoms with Crippen molar-refractivity contribution < 1.29 is 18.4 Å². The van der Waals surface area contributed by atoms with E-state index in [-0.39, 0.29) is 35.9 Å². The summed E-state index contributed by atoms with van der Waals surface area (Å²) < 4.78 is 28.3. The summed E-state index contributed by atoms with van der Waals surface area (Å²) >= 11 is 0. The van der Waals surface area contributed by atoms with Crippen LogP contribution in [0.4, 0.5) is 8.78 Å². The number of Topliss-reactive ketones (excluding diaryl/α,β-unsaturated/α-hetero) is 1. The van der Waals surface area contributed by atoms with Crippen molar-refractivity contribution in [1.82, 2.24) is 4.90 Å². The van der Waals surface area contributed by atoms with Crippen LogP contribution in [0.15, 0.2) is 59.7 Å². The van der Waals surface area contributed by atoms with Gasteiger partial charge in [-0.15, -0.1) is 0 Å². The lowest BCUT2D eigenvalue weighted by Crippen LogP contribution is -2.47. The maximum Gasteiger partial charge on any atom is 0.228 e. The number of hydrogen-bond acceptors (Lipinski definition) is 2. The second kappa shape index (κ2) is 8.74. The van der Waals surface area contributed by atoms with Crippen LogP contribution in [0.2, 0.25) is 0 Å². The van der Waals surface area contributed by atoms with Crippen molar-refractivity contribution >= 4 is 23.8 Å². The number of rotatable bonds is 4. The van der Waals surface area contributed by atoms with Crippen molar-refractivity contribution in [2.45, 2.75) is 27.2 Å². The van der Waals surface area contributed by atoms with Crippen LogP contribution in [0.3, 0.4) is 0 Å². The summed E-state index contributed by atoms with van der Waals surface area (Å²) in [6, 6.07) is 12.3. The van der Waals surface area contributed by atoms with Gasteiger partial charge in [-0.2, -0.15) is 0 Å². The Hall–Kier alpha value is -3.08. The average Bonchev–Trinajstić information content (AvgIpc) is 2.73. The first-order chi connectivity index (χ1) is 14.2. The van der Waals surface area contributed by atoms with Gasteiger partial charge in [-0.25, -0.2) is 8.78 Å². The van der Waals surface area contributed by atoms with E-state index in [0.717, 1.165) is 0 Å². The van der Waals surface area contributed by atoms with E-state index < -0.39 is 17.0 Å². The summed E-state index contributed by atoms with van der Waals surface area (Å²) in [5, 5.41) is 0. The summed E-state index contributed by atoms with van der Waals surface area (Å²) in [7, 11) is 0. The summed E-state index contributed by atoms with van der Waals surface area (Å²) in [5.41, 5.74) is 0.542. The molecule has 1 fully saturated rings. The minimum absolute atomic E-state index is 0.0873. The zero-order valence-corrected chi connectivity index (χ0v) is 17.4. The highest BCUT2D eigenvalue weighted by Crippen LogP contribution is 2.29. The fourth-order valence-corrected chi connectivity index (χ4v) is 3.32. The van der Waals surface area contributed by atoms with Crippen molar-refractivity contribution in [1.29, 1.82) is 0 Å². The number of halogens is 2. The Morgan fingerprint density at radius 1 is 0.933 bits per heavy atom. The quantitative estimate of drug-likeness (QED) is 0.645. The van der Waals surface area contributed by atoms with E-state index in [9.17, 15) is 18.4 Å². The van der Waals surface area contributed by atoms with Gasteiger partial charge in [0.25, 0.3) is 0 Å². The smallest absolute Gasteiger partial charge is 0.228 e. The molecule has 1 saturated heterocycles. The first kappa shape index (κ1) is 21.6. The van der Waals surface area contributed by atoms with Crippen molar-refractivity contribution in [3.05, 3.63) is 82.4 Å². The highest BCUT2D eigenvalue weighted by molar-refractivity contribution is 6.15. The molecule has 2 aromatic carbocycles. The summed E-state index contributed by atoms with van der Waals surface area (Å²) in [6.45, 7) is 5.81. The largest absolute Gasteiger partial charge is 0.333 e. The van der Waals surface area contributed by atoms with Crippen LogP contribution in [0, 0.1) is 17.0 Å². The lowest BCUT2D eigenvalue weighted by molar-refractivity contribution is -0.140. The van der Waals surface area contributed by atoms with Gasteiger partial charge in [-0.1, -0.05) is 57.2 Å². The standard InChI is InChI=1S/C25H25F2NO2/c1-4-25(2,3)24(30)28-15-19(13-17-9-5-7-11-21(17)26)23(29)20(16-28)14-18-10-6-8-12-22(18)27/h5-14H,4,15-16H2,1-3H3/b19-13+,20-14+. The molecule has 1 heterocycles. The van der Waals surface area contributed by atoms with Crippen LogP contribution in [-0.4, -0.2) is 29.7 Å². The van der Waals surface area contributed by atoms with Crippen LogP contribution in [0.5, 0.6) is 0 Å². The first-order valence-electron chi connectivity index (χ1n) is 9.97. The third-order valence-corrected chi connectivity index (χ3v) is 5.53. The normalized spacial score (nSPS) is 17.6. The van der Waals surface area contributed by atoms with Crippen molar-refractivity contribution in [3.63, 3.8) is 0 Å². The molecular formula is C25H25F2NO2. The molecule has 1 aliphatic heterocycles. The minimum atomic E-state index is -0.605. The summed E-state index contributed by atoms with van der Waals surface area (Å²) in [6.07, 6.45) is 3.59. The molecule has 1 aliphatic rings. The molecule has 0 spiro atoms. The number of carbonyl (C=O) groups is 2. The Labute approximate surface area is 175 Å². The van der Waals surface area contributed by atoms with Crippen LogP contribution in [0.1, 0.15) is 38.3 Å². The van der Waals surface area contributed by atoms with E-state index in [1.165, 1.54) is 24.3 Å². The van der Waals surface area contributed by atoms with Gasteiger partial charge in [0.1, 0.15) is 11.6 Å². The van der Waals surface area contributed by atoms with Gasteiger partial charge in [-0.3, -0.25) is 9.59 Å². The van der Waals surface area contributed by atoms with Gasteiger partial charge < -0.3 is 4.90 Å². The van der Waals surface area contributed by atoms with Gasteiger partial charge in [-0.05, 0) is 30.7 Å². The van der Waals surface area contributed by atoms with Crippen LogP contribution < -0.4 is 0 Å². The zero-order chi connectivity index (χ0) is 21.9. The molecule has 0 bridgehead atoms. The molecule has 0 radical (unpaired) electrons. The molecule has 0 saturated carbocycles. The third kappa shape index (κ3) is 4.56. The van der Waals surface area contributed by atoms with Gasteiger partial charge >= 0.3 is 0 Å². The molecular weight excluding hydrogens is 384 g/mol. The molecule has 0 unspecified atom stereocenters. The SMILES string of the molecule is CCC(C)(C)C(=O)N1C/C(=C\c2ccccc2F)C(=O)/C(=C/c2ccccc2F)C1. The van der Waals surface area contributed by atoms with E-state index in [2.05, 4.69) is 0 Å². The van der Waals surface area contributed by atoms with E-state index in [4.69, 9.17) is 0 Å². The van der Waals surface area contributed by atoms with Crippen LogP contribution >= 0.6 is 0 Å². The Bertz CT molecular complexity index is 969. The molecule has 1 amide bonds. The molecule has 30 heavy (non-hydrogen) atoms. The molecule has 0 N–H and O–H groups in total. The Balaban J connectivity index is 2.07. The van der Waals surface area contributed by atoms with E-state index in [1.54, 1.807) is 41.3 Å². The fraction of sp³-hybridized carbons (Fsp3) is 0.280. The molecule has 3 nitrogen and oxygen atoms in total. The maximum absolute atomic E-state index is 14.2. The summed E-state index contributed by atoms with van der Waals surface area (Å²) in [4.78, 5) is 27.8. The van der Waals surface area contributed by atoms with Gasteiger partial charge in [0.2, 0.25) is 5.91 Å². The summed E-state index contributed by atoms with van der Waals surface area (Å²) in [5.74, 6) is -1.30. The predicted molar refractivity (Wildman–Crippen MR) is 114 cm³/mol. The van der Waals surface area contributed by atoms with Gasteiger partial charge in [0.05, 0.1) is 0 Å². The number of nitrogens with zero attached hydrogens (tertiary/aromatic N) is 1. The van der Waals surface area contributed by atoms with Crippen LogP contribution in [-0.2, 0) is 9.59 Å². The fourth-order valence-electron chi connectivity index (χ4n) is 3.32. The van der Waals surface area contributed by atoms with Crippen molar-refractivity contribution in [2.24, 2.45) is 5.41 Å². The lowest BCUT2D eigenvalue weighted by atomic mass is 9.86.